The zero-order chi connectivity index (χ0) is 41.0. The van der Waals surface area contributed by atoms with Gasteiger partial charge in [0.1, 0.15) is 0 Å². The molecule has 18 nitrogen and oxygen atoms in total. The molecule has 0 bridgehead atoms. The number of nitrogens with zero attached hydrogens (tertiary/aromatic N) is 1. The summed E-state index contributed by atoms with van der Waals surface area (Å²) in [5.74, 6) is -3.57. The fourth-order valence-corrected chi connectivity index (χ4v) is 5.87. The van der Waals surface area contributed by atoms with Crippen LogP contribution in [0.2, 0.25) is 0 Å². The van der Waals surface area contributed by atoms with E-state index in [1.54, 1.807) is 42.5 Å². The minimum Gasteiger partial charge on any atom is -0.492 e. The molecule has 7 N–H and O–H groups in total. The van der Waals surface area contributed by atoms with Crippen LogP contribution >= 0.6 is 0 Å². The van der Waals surface area contributed by atoms with Gasteiger partial charge in [-0.05, 0) is 55.4 Å². The number of hydrogen-bond donors (Lipinski definition) is 7. The Morgan fingerprint density at radius 2 is 1.18 bits per heavy atom. The van der Waals surface area contributed by atoms with Gasteiger partial charge in [0.2, 0.25) is 41.3 Å². The Morgan fingerprint density at radius 3 is 1.75 bits per heavy atom. The third-order valence-electron chi connectivity index (χ3n) is 8.92. The van der Waals surface area contributed by atoms with Crippen molar-refractivity contribution < 1.29 is 58.1 Å². The molecule has 18 heteroatoms. The van der Waals surface area contributed by atoms with E-state index in [9.17, 15) is 43.8 Å². The normalized spacial score (nSPS) is 13.3. The Morgan fingerprint density at radius 1 is 0.632 bits per heavy atom. The van der Waals surface area contributed by atoms with Crippen molar-refractivity contribution in [3.8, 4) is 11.8 Å². The maximum absolute atomic E-state index is 12.8. The van der Waals surface area contributed by atoms with Gasteiger partial charge in [-0.25, -0.2) is 9.59 Å². The Labute approximate surface area is 328 Å². The highest BCUT2D eigenvalue weighted by atomic mass is 16.7. The number of aromatic hydroxyl groups is 2. The third kappa shape index (κ3) is 13.5. The number of unbranched alkanes of at least 4 members (excludes halogenated alkanes) is 1. The van der Waals surface area contributed by atoms with Crippen molar-refractivity contribution in [2.45, 2.75) is 56.8 Å². The summed E-state index contributed by atoms with van der Waals surface area (Å²) in [5.41, 5.74) is -0.0341. The van der Waals surface area contributed by atoms with Gasteiger partial charge in [0, 0.05) is 51.0 Å². The molecule has 1 aromatic heterocycles. The minimum absolute atomic E-state index is 0.152. The highest BCUT2D eigenvalue weighted by molar-refractivity contribution is 6.22. The number of aromatic nitrogens is 1. The molecular formula is C39H48N6O12. The molecule has 57 heavy (non-hydrogen) atoms. The lowest BCUT2D eigenvalue weighted by molar-refractivity contribution is -0.139. The van der Waals surface area contributed by atoms with Crippen LogP contribution in [-0.4, -0.2) is 103 Å². The van der Waals surface area contributed by atoms with E-state index >= 15 is 0 Å². The molecule has 0 spiro atoms. The van der Waals surface area contributed by atoms with Crippen LogP contribution in [0.1, 0.15) is 66.4 Å². The van der Waals surface area contributed by atoms with E-state index in [1.807, 2.05) is 0 Å². The lowest BCUT2D eigenvalue weighted by Crippen LogP contribution is -2.64. The van der Waals surface area contributed by atoms with E-state index < -0.39 is 41.0 Å². The van der Waals surface area contributed by atoms with E-state index in [-0.39, 0.29) is 62.2 Å². The number of carbonyl (C=O) groups excluding carboxylic acids is 7. The predicted octanol–water partition coefficient (Wildman–Crippen LogP) is 1.13. The Bertz CT molecular complexity index is 1810. The van der Waals surface area contributed by atoms with Gasteiger partial charge in [0.15, 0.2) is 5.41 Å². The van der Waals surface area contributed by atoms with Crippen molar-refractivity contribution in [2.75, 3.05) is 46.1 Å². The van der Waals surface area contributed by atoms with Crippen molar-refractivity contribution in [1.82, 2.24) is 31.3 Å². The van der Waals surface area contributed by atoms with E-state index in [0.29, 0.717) is 68.8 Å². The zero-order valence-corrected chi connectivity index (χ0v) is 31.4. The number of carbonyl (C=O) groups is 7. The number of benzene rings is 2. The number of amides is 7. The van der Waals surface area contributed by atoms with Crippen LogP contribution in [0.5, 0.6) is 11.8 Å². The number of aryl methyl sites for hydroxylation is 1. The molecule has 0 saturated carbocycles. The Hall–Kier alpha value is -6.27. The predicted molar refractivity (Wildman–Crippen MR) is 202 cm³/mol. The van der Waals surface area contributed by atoms with Gasteiger partial charge >= 0.3 is 12.0 Å². The summed E-state index contributed by atoms with van der Waals surface area (Å²) in [6.07, 6.45) is 2.44. The number of imide groups is 2. The van der Waals surface area contributed by atoms with E-state index in [1.165, 1.54) is 24.3 Å². The van der Waals surface area contributed by atoms with Crippen LogP contribution in [-0.2, 0) is 45.3 Å². The van der Waals surface area contributed by atoms with Gasteiger partial charge in [-0.15, -0.1) is 4.73 Å². The van der Waals surface area contributed by atoms with Gasteiger partial charge in [0.25, 0.3) is 0 Å². The average molecular weight is 793 g/mol. The Balaban J connectivity index is 0.944. The van der Waals surface area contributed by atoms with Crippen molar-refractivity contribution in [3.63, 3.8) is 0 Å². The minimum atomic E-state index is -1.54. The molecule has 0 atom stereocenters. The summed E-state index contributed by atoms with van der Waals surface area (Å²) in [6, 6.07) is 16.4. The molecule has 3 aromatic rings. The monoisotopic (exact) mass is 792 g/mol. The first-order valence-corrected chi connectivity index (χ1v) is 18.6. The van der Waals surface area contributed by atoms with Gasteiger partial charge in [-0.1, -0.05) is 42.5 Å². The summed E-state index contributed by atoms with van der Waals surface area (Å²) in [4.78, 5) is 91.0. The van der Waals surface area contributed by atoms with Crippen molar-refractivity contribution in [1.29, 1.82) is 0 Å². The molecule has 0 aliphatic carbocycles. The second kappa shape index (κ2) is 22.3. The van der Waals surface area contributed by atoms with E-state index in [4.69, 9.17) is 14.3 Å². The van der Waals surface area contributed by atoms with E-state index in [2.05, 4.69) is 26.6 Å². The topological polar surface area (TPSA) is 253 Å². The number of urea groups is 1. The standard InChI is InChI=1S/C39H48N6O12/c46-30(40-20-5-4-19-39(29-7-2-1-3-8-29)36(52)43-38(54)44-37(39)53)9-6-10-31(47)41-21-23-55-25-26-56-24-22-42-32(48)16-13-27-11-14-28(15-12-27)35(51)57-45-33(49)17-18-34(45)50/h1-3,7-8,11-12,14-15,17-18,49-50H,4-6,9-10,13,16,19-26H2,(H,40,46)(H,41,47)(H,42,48)(H2,43,44,52,53,54). The Kier molecular flexibility index (Phi) is 17.0. The second-order valence-electron chi connectivity index (χ2n) is 13.0. The number of ether oxygens (including phenoxy) is 2. The lowest BCUT2D eigenvalue weighted by atomic mass is 9.73. The zero-order valence-electron chi connectivity index (χ0n) is 31.4. The molecule has 2 heterocycles. The number of nitrogens with one attached hydrogen (secondary N) is 5. The summed E-state index contributed by atoms with van der Waals surface area (Å²) >= 11 is 0. The molecule has 4 rings (SSSR count). The van der Waals surface area contributed by atoms with Crippen molar-refractivity contribution in [3.05, 3.63) is 83.4 Å². The summed E-state index contributed by atoms with van der Waals surface area (Å²) in [6.45, 7) is 2.11. The first kappa shape index (κ1) is 43.5. The summed E-state index contributed by atoms with van der Waals surface area (Å²) < 4.78 is 11.5. The summed E-state index contributed by atoms with van der Waals surface area (Å²) in [5, 5.41) is 31.9. The van der Waals surface area contributed by atoms with Crippen LogP contribution in [0.15, 0.2) is 66.7 Å². The SMILES string of the molecule is O=C(CCCC(=O)NCCOCCOCCNC(=O)CCc1ccc(C(=O)On2c(O)ccc2O)cc1)NCCCCC1(c2ccccc2)C(=O)NC(=O)NC1=O. The van der Waals surface area contributed by atoms with E-state index in [0.717, 1.165) is 5.56 Å². The second-order valence-corrected chi connectivity index (χ2v) is 13.0. The number of hydrogen-bond acceptors (Lipinski definition) is 12. The molecule has 1 fully saturated rings. The number of rotatable bonds is 24. The first-order chi connectivity index (χ1) is 27.5. The van der Waals surface area contributed by atoms with Crippen LogP contribution in [0.3, 0.4) is 0 Å². The number of barbiturate groups is 1. The quantitative estimate of drug-likeness (QED) is 0.0498. The molecule has 306 valence electrons. The molecule has 0 radical (unpaired) electrons. The van der Waals surface area contributed by atoms with Crippen LogP contribution < -0.4 is 31.4 Å². The van der Waals surface area contributed by atoms with Gasteiger partial charge < -0.3 is 40.5 Å². The van der Waals surface area contributed by atoms with Crippen molar-refractivity contribution >= 4 is 41.5 Å². The molecule has 7 amide bonds. The molecule has 0 unspecified atom stereocenters. The maximum Gasteiger partial charge on any atom is 0.363 e. The maximum atomic E-state index is 12.8. The molecule has 1 aliphatic heterocycles. The van der Waals surface area contributed by atoms with Crippen LogP contribution in [0, 0.1) is 0 Å². The highest BCUT2D eigenvalue weighted by Crippen LogP contribution is 2.32. The summed E-state index contributed by atoms with van der Waals surface area (Å²) in [7, 11) is 0. The fraction of sp³-hybridized carbons (Fsp3) is 0.410. The van der Waals surface area contributed by atoms with Gasteiger partial charge in [0.05, 0.1) is 32.0 Å². The fourth-order valence-electron chi connectivity index (χ4n) is 5.87. The highest BCUT2D eigenvalue weighted by Gasteiger charge is 2.51. The molecule has 2 aromatic carbocycles. The van der Waals surface area contributed by atoms with Crippen molar-refractivity contribution in [2.24, 2.45) is 0 Å². The molecule has 1 aliphatic rings. The lowest BCUT2D eigenvalue weighted by Gasteiger charge is -2.34. The molecule has 1 saturated heterocycles. The largest absolute Gasteiger partial charge is 0.492 e. The third-order valence-corrected chi connectivity index (χ3v) is 8.92. The average Bonchev–Trinajstić information content (AvgIpc) is 3.51. The van der Waals surface area contributed by atoms with Crippen LogP contribution in [0.4, 0.5) is 4.79 Å². The smallest absolute Gasteiger partial charge is 0.363 e. The van der Waals surface area contributed by atoms with Gasteiger partial charge in [-0.2, -0.15) is 0 Å². The van der Waals surface area contributed by atoms with Gasteiger partial charge in [-0.3, -0.25) is 34.6 Å². The van der Waals surface area contributed by atoms with Crippen LogP contribution in [0.25, 0.3) is 0 Å². The molecular weight excluding hydrogens is 744 g/mol. The first-order valence-electron chi connectivity index (χ1n) is 18.6.